The summed E-state index contributed by atoms with van der Waals surface area (Å²) in [5.74, 6) is -1.58. The number of benzene rings is 1. The van der Waals surface area contributed by atoms with E-state index in [1.54, 1.807) is 13.0 Å². The zero-order valence-corrected chi connectivity index (χ0v) is 20.6. The average molecular weight is 484 g/mol. The number of aryl methyl sites for hydroxylation is 1. The van der Waals surface area contributed by atoms with Crippen molar-refractivity contribution in [2.45, 2.75) is 63.7 Å². The fourth-order valence-corrected chi connectivity index (χ4v) is 4.80. The van der Waals surface area contributed by atoms with Crippen LogP contribution in [0.4, 0.5) is 14.5 Å². The minimum absolute atomic E-state index is 0.0694. The molecule has 1 aromatic carbocycles. The predicted molar refractivity (Wildman–Crippen MR) is 130 cm³/mol. The van der Waals surface area contributed by atoms with E-state index in [1.165, 1.54) is 24.1 Å². The Bertz CT molecular complexity index is 888. The van der Waals surface area contributed by atoms with E-state index in [9.17, 15) is 23.8 Å². The van der Waals surface area contributed by atoms with Gasteiger partial charge in [-0.25, -0.2) is 8.78 Å². The van der Waals surface area contributed by atoms with Crippen molar-refractivity contribution >= 4 is 23.9 Å². The third kappa shape index (κ3) is 7.19. The van der Waals surface area contributed by atoms with Gasteiger partial charge in [-0.1, -0.05) is 19.9 Å². The summed E-state index contributed by atoms with van der Waals surface area (Å²) < 4.78 is 32.2. The molecule has 1 aliphatic carbocycles. The molecule has 184 valence electrons. The maximum absolute atomic E-state index is 14.8. The van der Waals surface area contributed by atoms with Gasteiger partial charge in [-0.05, 0) is 68.7 Å². The molecule has 2 fully saturated rings. The quantitative estimate of drug-likeness (QED) is 0.223. The molecule has 1 aliphatic heterocycles. The van der Waals surface area contributed by atoms with Gasteiger partial charge in [0.25, 0.3) is 0 Å². The number of hydrogen-bond donors (Lipinski definition) is 4. The van der Waals surface area contributed by atoms with E-state index in [1.807, 2.05) is 25.8 Å². The van der Waals surface area contributed by atoms with Crippen LogP contribution in [0, 0.1) is 12.7 Å². The lowest BCUT2D eigenvalue weighted by molar-refractivity contribution is -0.106. The lowest BCUT2D eigenvalue weighted by atomic mass is 10.1. The maximum Gasteiger partial charge on any atom is 0.188 e. The van der Waals surface area contributed by atoms with Gasteiger partial charge in [0.2, 0.25) is 0 Å². The predicted octanol–water partition coefficient (Wildman–Crippen LogP) is 4.40. The number of nitrogens with one attached hydrogen (secondary N) is 2. The molecule has 1 aromatic rings. The van der Waals surface area contributed by atoms with Crippen LogP contribution in [-0.2, 0) is 4.79 Å². The first-order chi connectivity index (χ1) is 15.8. The molecular weight excluding hydrogens is 448 g/mol. The van der Waals surface area contributed by atoms with Crippen molar-refractivity contribution in [3.63, 3.8) is 0 Å². The van der Waals surface area contributed by atoms with Crippen LogP contribution in [0.5, 0.6) is 0 Å². The summed E-state index contributed by atoms with van der Waals surface area (Å²) in [7, 11) is 1.89. The number of allylic oxidation sites excluding steroid dienone is 2. The Morgan fingerprint density at radius 1 is 1.36 bits per heavy atom. The number of aldehydes is 1. The molecule has 1 saturated carbocycles. The van der Waals surface area contributed by atoms with Crippen LogP contribution in [-0.4, -0.2) is 52.4 Å². The second-order valence-corrected chi connectivity index (χ2v) is 9.50. The average Bonchev–Trinajstić information content (AvgIpc) is 3.44. The largest absolute Gasteiger partial charge is 0.394 e. The number of carbonyl (C=O) groups is 1. The summed E-state index contributed by atoms with van der Waals surface area (Å²) in [6.45, 7) is 6.22. The normalized spacial score (nSPS) is 19.7. The number of likely N-dealkylation sites (tertiary alicyclic amines) is 1. The highest BCUT2D eigenvalue weighted by molar-refractivity contribution is 7.99. The molecule has 9 heteroatoms. The van der Waals surface area contributed by atoms with Crippen LogP contribution in [0.25, 0.3) is 0 Å². The highest BCUT2D eigenvalue weighted by Gasteiger charge is 2.45. The maximum atomic E-state index is 14.8. The Morgan fingerprint density at radius 2 is 2.06 bits per heavy atom. The van der Waals surface area contributed by atoms with Crippen molar-refractivity contribution in [1.29, 1.82) is 0 Å². The third-order valence-electron chi connectivity index (χ3n) is 5.63. The number of carbonyl (C=O) groups excluding carboxylic acids is 1. The Hall–Kier alpha value is -2.10. The smallest absolute Gasteiger partial charge is 0.188 e. The number of rotatable bonds is 10. The topological polar surface area (TPSA) is 84.8 Å². The number of aliphatic hydroxyl groups is 2. The molecule has 1 atom stereocenters. The molecule has 0 spiro atoms. The third-order valence-corrected chi connectivity index (χ3v) is 6.94. The van der Waals surface area contributed by atoms with Gasteiger partial charge >= 0.3 is 0 Å². The first kappa shape index (κ1) is 27.1. The van der Waals surface area contributed by atoms with E-state index in [4.69, 9.17) is 0 Å². The zero-order chi connectivity index (χ0) is 24.6. The van der Waals surface area contributed by atoms with Crippen molar-refractivity contribution in [3.8, 4) is 0 Å². The highest BCUT2D eigenvalue weighted by atomic mass is 32.2. The summed E-state index contributed by atoms with van der Waals surface area (Å²) in [6, 6.07) is 4.55. The lowest BCUT2D eigenvalue weighted by Gasteiger charge is -2.25. The molecule has 1 unspecified atom stereocenters. The van der Waals surface area contributed by atoms with Crippen LogP contribution in [0.1, 0.15) is 51.5 Å². The van der Waals surface area contributed by atoms with E-state index in [0.717, 1.165) is 37.1 Å². The summed E-state index contributed by atoms with van der Waals surface area (Å²) in [6.07, 6.45) is 2.92. The fraction of sp³-hybridized carbons (Fsp3) is 0.542. The molecule has 0 aromatic heterocycles. The molecule has 0 radical (unpaired) electrons. The Morgan fingerprint density at radius 3 is 2.58 bits per heavy atom. The van der Waals surface area contributed by atoms with Crippen molar-refractivity contribution in [3.05, 3.63) is 52.5 Å². The van der Waals surface area contributed by atoms with Gasteiger partial charge in [-0.3, -0.25) is 4.79 Å². The number of anilines is 1. The first-order valence-electron chi connectivity index (χ1n) is 11.3. The standard InChI is InChI=1S/C22H29F2N3O3S.C2H6/c1-14-5-6-18(16(23)10-14)25-20(17(24)13-29)21(19-4-3-9-27(19)2)26-31-22(7-8-22)11-15(30)12-28;1-2/h5-6,10,13,15,25-26,28,30H,3-4,7-9,11-12H2,1-2H3;1-2H3/b20-17-,21-19+;. The monoisotopic (exact) mass is 483 g/mol. The SMILES string of the molecule is CC.Cc1ccc(NC(=C(\F)C=O)/C(NSC2(CC(O)CO)CC2)=C2/CCCN2C)c(F)c1. The minimum atomic E-state index is -1.03. The Kier molecular flexibility index (Phi) is 10.2. The van der Waals surface area contributed by atoms with Crippen molar-refractivity contribution in [2.24, 2.45) is 0 Å². The van der Waals surface area contributed by atoms with Crippen LogP contribution in [0.15, 0.2) is 41.1 Å². The fourth-order valence-electron chi connectivity index (χ4n) is 3.68. The van der Waals surface area contributed by atoms with Gasteiger partial charge < -0.3 is 25.2 Å². The number of halogens is 2. The summed E-state index contributed by atoms with van der Waals surface area (Å²) in [5.41, 5.74) is 1.88. The second-order valence-electron chi connectivity index (χ2n) is 8.22. The molecule has 6 nitrogen and oxygen atoms in total. The lowest BCUT2D eigenvalue weighted by Crippen LogP contribution is -2.26. The summed E-state index contributed by atoms with van der Waals surface area (Å²) >= 11 is 1.35. The zero-order valence-electron chi connectivity index (χ0n) is 19.8. The molecule has 1 saturated heterocycles. The van der Waals surface area contributed by atoms with Gasteiger partial charge in [-0.15, -0.1) is 0 Å². The molecular formula is C24H35F2N3O3S. The van der Waals surface area contributed by atoms with Crippen molar-refractivity contribution in [2.75, 3.05) is 25.5 Å². The minimum Gasteiger partial charge on any atom is -0.394 e. The molecule has 4 N–H and O–H groups in total. The Labute approximate surface area is 199 Å². The van der Waals surface area contributed by atoms with Crippen LogP contribution in [0.2, 0.25) is 0 Å². The van der Waals surface area contributed by atoms with Crippen LogP contribution >= 0.6 is 11.9 Å². The van der Waals surface area contributed by atoms with E-state index < -0.39 is 17.7 Å². The van der Waals surface area contributed by atoms with E-state index in [-0.39, 0.29) is 29.0 Å². The molecule has 0 amide bonds. The van der Waals surface area contributed by atoms with Gasteiger partial charge in [0.05, 0.1) is 24.1 Å². The number of aliphatic hydroxyl groups excluding tert-OH is 2. The number of hydrogen-bond acceptors (Lipinski definition) is 7. The van der Waals surface area contributed by atoms with Gasteiger partial charge in [0, 0.05) is 24.0 Å². The summed E-state index contributed by atoms with van der Waals surface area (Å²) in [5, 5.41) is 21.8. The van der Waals surface area contributed by atoms with E-state index in [2.05, 4.69) is 10.0 Å². The van der Waals surface area contributed by atoms with E-state index >= 15 is 0 Å². The van der Waals surface area contributed by atoms with Crippen molar-refractivity contribution in [1.82, 2.24) is 9.62 Å². The van der Waals surface area contributed by atoms with Gasteiger partial charge in [0.1, 0.15) is 11.5 Å². The first-order valence-corrected chi connectivity index (χ1v) is 12.2. The van der Waals surface area contributed by atoms with Gasteiger partial charge in [-0.2, -0.15) is 0 Å². The molecule has 33 heavy (non-hydrogen) atoms. The second kappa shape index (κ2) is 12.4. The molecule has 0 bridgehead atoms. The summed E-state index contributed by atoms with van der Waals surface area (Å²) in [4.78, 5) is 13.4. The van der Waals surface area contributed by atoms with Crippen LogP contribution < -0.4 is 10.0 Å². The number of nitrogens with zero attached hydrogens (tertiary/aromatic N) is 1. The molecule has 3 rings (SSSR count). The van der Waals surface area contributed by atoms with Crippen molar-refractivity contribution < 1.29 is 23.8 Å². The van der Waals surface area contributed by atoms with Crippen LogP contribution in [0.3, 0.4) is 0 Å². The molecule has 1 heterocycles. The molecule has 2 aliphatic rings. The Balaban J connectivity index is 0.00000187. The van der Waals surface area contributed by atoms with E-state index in [0.29, 0.717) is 18.5 Å². The van der Waals surface area contributed by atoms with Gasteiger partial charge in [0.15, 0.2) is 12.1 Å². The highest BCUT2D eigenvalue weighted by Crippen LogP contribution is 2.51.